The summed E-state index contributed by atoms with van der Waals surface area (Å²) in [6.07, 6.45) is 0.293. The summed E-state index contributed by atoms with van der Waals surface area (Å²) in [5.41, 5.74) is 6.99. The van der Waals surface area contributed by atoms with E-state index in [9.17, 15) is 14.4 Å². The van der Waals surface area contributed by atoms with Crippen LogP contribution in [0.3, 0.4) is 0 Å². The molecule has 11 nitrogen and oxygen atoms in total. The average Bonchev–Trinajstić information content (AvgIpc) is 3.05. The number of carbonyl (C=O) groups is 3. The minimum Gasteiger partial charge on any atom is -0.392 e. The quantitative estimate of drug-likeness (QED) is 0.207. The molecule has 0 aromatic heterocycles. The van der Waals surface area contributed by atoms with Gasteiger partial charge in [0.25, 0.3) is 0 Å². The predicted molar refractivity (Wildman–Crippen MR) is 118 cm³/mol. The first-order chi connectivity index (χ1) is 16.0. The van der Waals surface area contributed by atoms with Crippen molar-refractivity contribution in [1.82, 2.24) is 4.90 Å². The Morgan fingerprint density at radius 3 is 2.00 bits per heavy atom. The molecule has 1 saturated heterocycles. The molecule has 1 fully saturated rings. The Morgan fingerprint density at radius 2 is 1.48 bits per heavy atom. The monoisotopic (exact) mass is 467 g/mol. The fraction of sp³-hybridized carbons (Fsp3) is 0.591. The van der Waals surface area contributed by atoms with Gasteiger partial charge in [-0.3, -0.25) is 19.3 Å². The zero-order valence-corrected chi connectivity index (χ0v) is 18.7. The third-order valence-electron chi connectivity index (χ3n) is 4.75. The van der Waals surface area contributed by atoms with Crippen LogP contribution in [0, 0.1) is 0 Å². The van der Waals surface area contributed by atoms with Crippen LogP contribution in [-0.4, -0.2) is 93.2 Å². The summed E-state index contributed by atoms with van der Waals surface area (Å²) in [4.78, 5) is 36.2. The van der Waals surface area contributed by atoms with Gasteiger partial charge in [0.15, 0.2) is 0 Å². The van der Waals surface area contributed by atoms with Gasteiger partial charge in [0.2, 0.25) is 17.7 Å². The molecule has 1 aromatic carbocycles. The van der Waals surface area contributed by atoms with Crippen molar-refractivity contribution in [1.29, 1.82) is 0 Å². The van der Waals surface area contributed by atoms with Gasteiger partial charge in [-0.1, -0.05) is 12.1 Å². The number of anilines is 1. The number of hydrogen-bond acceptors (Lipinski definition) is 9. The third-order valence-corrected chi connectivity index (χ3v) is 4.75. The lowest BCUT2D eigenvalue weighted by molar-refractivity contribution is -0.139. The standard InChI is InChI=1S/C22H33N3O8/c23-19-15-21(28)25(22(19)29)6-8-31-10-12-33-14-13-32-11-9-30-7-5-20(27)24-18-3-1-17(16-26)2-4-18/h1-4,19,26H,5-16,23H2,(H,24,27). The fourth-order valence-electron chi connectivity index (χ4n) is 2.94. The molecule has 1 aromatic rings. The van der Waals surface area contributed by atoms with Crippen LogP contribution in [0.25, 0.3) is 0 Å². The maximum absolute atomic E-state index is 11.8. The van der Waals surface area contributed by atoms with Gasteiger partial charge >= 0.3 is 0 Å². The molecule has 11 heteroatoms. The van der Waals surface area contributed by atoms with Gasteiger partial charge in [-0.2, -0.15) is 0 Å². The summed E-state index contributed by atoms with van der Waals surface area (Å²) in [6, 6.07) is 6.24. The molecule has 0 bridgehead atoms. The van der Waals surface area contributed by atoms with E-state index in [-0.39, 0.29) is 56.9 Å². The molecule has 184 valence electrons. The number of carbonyl (C=O) groups excluding carboxylic acids is 3. The van der Waals surface area contributed by atoms with Crippen LogP contribution in [0.1, 0.15) is 18.4 Å². The minimum absolute atomic E-state index is 0.0337. The number of ether oxygens (including phenoxy) is 4. The molecule has 1 aliphatic heterocycles. The molecule has 1 heterocycles. The Kier molecular flexibility index (Phi) is 12.6. The Bertz CT molecular complexity index is 744. The smallest absolute Gasteiger partial charge is 0.246 e. The Labute approximate surface area is 193 Å². The van der Waals surface area contributed by atoms with Crippen molar-refractivity contribution in [2.75, 3.05) is 64.7 Å². The highest BCUT2D eigenvalue weighted by Crippen LogP contribution is 2.10. The highest BCUT2D eigenvalue weighted by atomic mass is 16.6. The SMILES string of the molecule is NC1CC(=O)N(CCOCCOCCOCCOCCC(=O)Nc2ccc(CO)cc2)C1=O. The normalized spacial score (nSPS) is 15.9. The lowest BCUT2D eigenvalue weighted by Crippen LogP contribution is -2.37. The van der Waals surface area contributed by atoms with Gasteiger partial charge in [0.1, 0.15) is 0 Å². The molecule has 0 aliphatic carbocycles. The lowest BCUT2D eigenvalue weighted by Gasteiger charge is -2.14. The molecule has 1 atom stereocenters. The number of rotatable bonds is 17. The number of amides is 3. The van der Waals surface area contributed by atoms with Crippen LogP contribution in [0.5, 0.6) is 0 Å². The van der Waals surface area contributed by atoms with Crippen molar-refractivity contribution in [3.63, 3.8) is 0 Å². The van der Waals surface area contributed by atoms with E-state index in [2.05, 4.69) is 5.32 Å². The zero-order valence-electron chi connectivity index (χ0n) is 18.7. The number of benzene rings is 1. The predicted octanol–water partition coefficient (Wildman–Crippen LogP) is -0.340. The molecule has 33 heavy (non-hydrogen) atoms. The van der Waals surface area contributed by atoms with Crippen molar-refractivity contribution in [2.24, 2.45) is 5.73 Å². The second-order valence-electron chi connectivity index (χ2n) is 7.30. The Hall–Kier alpha value is -2.41. The largest absolute Gasteiger partial charge is 0.392 e. The Morgan fingerprint density at radius 1 is 0.939 bits per heavy atom. The van der Waals surface area contributed by atoms with Crippen LogP contribution in [0.15, 0.2) is 24.3 Å². The molecule has 0 saturated carbocycles. The highest BCUT2D eigenvalue weighted by molar-refractivity contribution is 6.05. The van der Waals surface area contributed by atoms with Gasteiger partial charge in [-0.15, -0.1) is 0 Å². The van der Waals surface area contributed by atoms with Crippen LogP contribution in [0.2, 0.25) is 0 Å². The van der Waals surface area contributed by atoms with E-state index in [1.165, 1.54) is 0 Å². The number of aliphatic hydroxyl groups excluding tert-OH is 1. The fourth-order valence-corrected chi connectivity index (χ4v) is 2.94. The van der Waals surface area contributed by atoms with E-state index in [4.69, 9.17) is 29.8 Å². The summed E-state index contributed by atoms with van der Waals surface area (Å²) in [5.74, 6) is -0.762. The first-order valence-corrected chi connectivity index (χ1v) is 10.9. The molecule has 3 amide bonds. The molecule has 1 unspecified atom stereocenters. The lowest BCUT2D eigenvalue weighted by atomic mass is 10.2. The maximum atomic E-state index is 11.8. The average molecular weight is 468 g/mol. The summed E-state index contributed by atoms with van der Waals surface area (Å²) >= 11 is 0. The Balaban J connectivity index is 1.33. The first kappa shape index (κ1) is 26.8. The second kappa shape index (κ2) is 15.4. The first-order valence-electron chi connectivity index (χ1n) is 10.9. The molecular formula is C22H33N3O8. The van der Waals surface area contributed by atoms with Gasteiger partial charge in [-0.25, -0.2) is 0 Å². The molecule has 1 aliphatic rings. The van der Waals surface area contributed by atoms with Crippen molar-refractivity contribution < 1.29 is 38.4 Å². The van der Waals surface area contributed by atoms with Crippen LogP contribution < -0.4 is 11.1 Å². The van der Waals surface area contributed by atoms with Gasteiger partial charge < -0.3 is 35.1 Å². The third kappa shape index (κ3) is 10.4. The zero-order chi connectivity index (χ0) is 23.9. The number of aliphatic hydroxyl groups is 1. The van der Waals surface area contributed by atoms with E-state index in [1.54, 1.807) is 24.3 Å². The number of hydrogen-bond donors (Lipinski definition) is 3. The molecule has 0 radical (unpaired) electrons. The van der Waals surface area contributed by atoms with E-state index in [0.717, 1.165) is 10.5 Å². The van der Waals surface area contributed by atoms with E-state index < -0.39 is 6.04 Å². The van der Waals surface area contributed by atoms with Crippen LogP contribution >= 0.6 is 0 Å². The molecular weight excluding hydrogens is 434 g/mol. The van der Waals surface area contributed by atoms with E-state index in [1.807, 2.05) is 0 Å². The van der Waals surface area contributed by atoms with E-state index >= 15 is 0 Å². The van der Waals surface area contributed by atoms with Crippen molar-refractivity contribution >= 4 is 23.4 Å². The molecule has 0 spiro atoms. The minimum atomic E-state index is -0.729. The number of nitrogens with zero attached hydrogens (tertiary/aromatic N) is 1. The number of nitrogens with one attached hydrogen (secondary N) is 1. The number of imide groups is 1. The van der Waals surface area contributed by atoms with E-state index in [0.29, 0.717) is 45.3 Å². The maximum Gasteiger partial charge on any atom is 0.246 e. The highest BCUT2D eigenvalue weighted by Gasteiger charge is 2.35. The van der Waals surface area contributed by atoms with Crippen molar-refractivity contribution in [3.05, 3.63) is 29.8 Å². The van der Waals surface area contributed by atoms with Gasteiger partial charge in [-0.05, 0) is 17.7 Å². The summed E-state index contributed by atoms with van der Waals surface area (Å²) < 4.78 is 21.5. The summed E-state index contributed by atoms with van der Waals surface area (Å²) in [7, 11) is 0. The topological polar surface area (TPSA) is 150 Å². The van der Waals surface area contributed by atoms with Gasteiger partial charge in [0, 0.05) is 5.69 Å². The summed E-state index contributed by atoms with van der Waals surface area (Å²) in [5, 5.41) is 11.8. The number of nitrogens with two attached hydrogens (primary N) is 1. The van der Waals surface area contributed by atoms with Crippen LogP contribution in [0.4, 0.5) is 5.69 Å². The van der Waals surface area contributed by atoms with Gasteiger partial charge in [0.05, 0.1) is 84.9 Å². The molecule has 4 N–H and O–H groups in total. The van der Waals surface area contributed by atoms with Crippen LogP contribution in [-0.2, 0) is 39.9 Å². The number of likely N-dealkylation sites (tertiary alicyclic amines) is 1. The van der Waals surface area contributed by atoms with Crippen molar-refractivity contribution in [3.8, 4) is 0 Å². The van der Waals surface area contributed by atoms with Crippen molar-refractivity contribution in [2.45, 2.75) is 25.5 Å². The second-order valence-corrected chi connectivity index (χ2v) is 7.30. The summed E-state index contributed by atoms with van der Waals surface area (Å²) in [6.45, 7) is 3.00. The molecule has 2 rings (SSSR count).